The van der Waals surface area contributed by atoms with Crippen LogP contribution < -0.4 is 10.5 Å². The summed E-state index contributed by atoms with van der Waals surface area (Å²) in [6.45, 7) is 1.90. The molecular weight excluding hydrogens is 224 g/mol. The van der Waals surface area contributed by atoms with Gasteiger partial charge in [0.25, 0.3) is 0 Å². The molecule has 0 aliphatic heterocycles. The van der Waals surface area contributed by atoms with Gasteiger partial charge in [0.15, 0.2) is 0 Å². The van der Waals surface area contributed by atoms with Crippen molar-refractivity contribution in [1.82, 2.24) is 15.2 Å². The molecule has 0 saturated carbocycles. The van der Waals surface area contributed by atoms with Crippen molar-refractivity contribution in [2.45, 2.75) is 6.92 Å². The second kappa shape index (κ2) is 4.28. The predicted octanol–water partition coefficient (Wildman–Crippen LogP) is 1.54. The average Bonchev–Trinajstić information content (AvgIpc) is 2.65. The third-order valence-electron chi connectivity index (χ3n) is 1.89. The van der Waals surface area contributed by atoms with Crippen LogP contribution in [0, 0.1) is 6.92 Å². The van der Waals surface area contributed by atoms with Crippen LogP contribution in [-0.4, -0.2) is 20.2 Å². The summed E-state index contributed by atoms with van der Waals surface area (Å²) in [5, 5.41) is 6.73. The number of nitrogens with one attached hydrogen (secondary N) is 1. The minimum absolute atomic E-state index is 0.266. The summed E-state index contributed by atoms with van der Waals surface area (Å²) >= 11 is 4.80. The van der Waals surface area contributed by atoms with E-state index in [0.717, 1.165) is 5.69 Å². The number of pyridine rings is 1. The number of H-pyrrole nitrogens is 1. The maximum absolute atomic E-state index is 5.44. The average molecular weight is 234 g/mol. The van der Waals surface area contributed by atoms with E-state index in [4.69, 9.17) is 22.7 Å². The van der Waals surface area contributed by atoms with Gasteiger partial charge < -0.3 is 10.5 Å². The van der Waals surface area contributed by atoms with Crippen LogP contribution >= 0.6 is 12.2 Å². The molecule has 0 bridgehead atoms. The molecule has 0 spiro atoms. The highest BCUT2D eigenvalue weighted by Gasteiger charge is 2.02. The summed E-state index contributed by atoms with van der Waals surface area (Å²) in [5.74, 6) is 1.09. The van der Waals surface area contributed by atoms with Gasteiger partial charge in [-0.2, -0.15) is 0 Å². The van der Waals surface area contributed by atoms with Gasteiger partial charge in [-0.25, -0.2) is 4.98 Å². The number of aromatic nitrogens is 3. The number of aromatic amines is 1. The highest BCUT2D eigenvalue weighted by molar-refractivity contribution is 7.80. The molecule has 82 valence electrons. The summed E-state index contributed by atoms with van der Waals surface area (Å²) in [4.78, 5) is 4.32. The van der Waals surface area contributed by atoms with Crippen LogP contribution in [0.3, 0.4) is 0 Å². The summed E-state index contributed by atoms with van der Waals surface area (Å²) in [6.07, 6.45) is 1.55. The molecule has 2 rings (SSSR count). The number of ether oxygens (including phenoxy) is 1. The third-order valence-corrected chi connectivity index (χ3v) is 2.10. The first-order chi connectivity index (χ1) is 7.65. The number of nitrogens with zero attached hydrogens (tertiary/aromatic N) is 2. The molecular formula is C10H10N4OS. The van der Waals surface area contributed by atoms with E-state index in [1.54, 1.807) is 24.4 Å². The van der Waals surface area contributed by atoms with Gasteiger partial charge >= 0.3 is 0 Å². The maximum Gasteiger partial charge on any atom is 0.238 e. The number of thiocarbonyl (C=S) groups is 1. The first-order valence-corrected chi connectivity index (χ1v) is 5.02. The van der Waals surface area contributed by atoms with Crippen LogP contribution in [0.5, 0.6) is 11.6 Å². The van der Waals surface area contributed by atoms with Crippen molar-refractivity contribution in [3.05, 3.63) is 35.8 Å². The lowest BCUT2D eigenvalue weighted by Gasteiger charge is -2.01. The Bertz CT molecular complexity index is 506. The van der Waals surface area contributed by atoms with Gasteiger partial charge in [-0.3, -0.25) is 5.10 Å². The summed E-state index contributed by atoms with van der Waals surface area (Å²) < 4.78 is 5.44. The Balaban J connectivity index is 2.14. The Hall–Kier alpha value is -1.95. The molecule has 0 atom stereocenters. The number of hydrogen-bond acceptors (Lipinski definition) is 4. The largest absolute Gasteiger partial charge is 0.436 e. The molecule has 0 unspecified atom stereocenters. The second-order valence-corrected chi connectivity index (χ2v) is 3.67. The fourth-order valence-corrected chi connectivity index (χ4v) is 1.27. The summed E-state index contributed by atoms with van der Waals surface area (Å²) in [7, 11) is 0. The topological polar surface area (TPSA) is 76.8 Å². The zero-order valence-corrected chi connectivity index (χ0v) is 9.41. The minimum Gasteiger partial charge on any atom is -0.436 e. The van der Waals surface area contributed by atoms with Crippen molar-refractivity contribution < 1.29 is 4.74 Å². The van der Waals surface area contributed by atoms with Crippen molar-refractivity contribution in [2.75, 3.05) is 0 Å². The molecule has 0 amide bonds. The van der Waals surface area contributed by atoms with Crippen LogP contribution in [0.1, 0.15) is 11.4 Å². The monoisotopic (exact) mass is 234 g/mol. The molecule has 3 N–H and O–H groups in total. The molecule has 0 aliphatic rings. The van der Waals surface area contributed by atoms with Crippen LogP contribution in [0.4, 0.5) is 0 Å². The molecule has 0 saturated heterocycles. The molecule has 6 heteroatoms. The zero-order chi connectivity index (χ0) is 11.5. The predicted molar refractivity (Wildman–Crippen MR) is 63.5 cm³/mol. The van der Waals surface area contributed by atoms with Crippen molar-refractivity contribution in [3.8, 4) is 11.6 Å². The van der Waals surface area contributed by atoms with Gasteiger partial charge in [0.2, 0.25) is 5.88 Å². The highest BCUT2D eigenvalue weighted by atomic mass is 32.1. The Morgan fingerprint density at radius 3 is 2.81 bits per heavy atom. The Labute approximate surface area is 97.6 Å². The van der Waals surface area contributed by atoms with Gasteiger partial charge in [-0.15, -0.1) is 5.10 Å². The van der Waals surface area contributed by atoms with Crippen LogP contribution in [0.25, 0.3) is 0 Å². The van der Waals surface area contributed by atoms with Gasteiger partial charge in [-0.1, -0.05) is 12.2 Å². The first kappa shape index (κ1) is 10.6. The minimum atomic E-state index is 0.266. The smallest absolute Gasteiger partial charge is 0.238 e. The number of aryl methyl sites for hydroxylation is 1. The summed E-state index contributed by atoms with van der Waals surface area (Å²) in [6, 6.07) is 5.24. The third kappa shape index (κ3) is 2.34. The lowest BCUT2D eigenvalue weighted by molar-refractivity contribution is 0.459. The van der Waals surface area contributed by atoms with E-state index in [2.05, 4.69) is 15.2 Å². The number of rotatable bonds is 3. The molecule has 2 heterocycles. The van der Waals surface area contributed by atoms with E-state index >= 15 is 0 Å². The number of nitrogens with two attached hydrogens (primary N) is 1. The zero-order valence-electron chi connectivity index (χ0n) is 8.60. The second-order valence-electron chi connectivity index (χ2n) is 3.23. The molecule has 16 heavy (non-hydrogen) atoms. The van der Waals surface area contributed by atoms with Crippen LogP contribution in [0.2, 0.25) is 0 Å². The van der Waals surface area contributed by atoms with Gasteiger partial charge in [0.05, 0.1) is 11.9 Å². The normalized spacial score (nSPS) is 10.1. The fraction of sp³-hybridized carbons (Fsp3) is 0.100. The van der Waals surface area contributed by atoms with Gasteiger partial charge in [0.1, 0.15) is 10.7 Å². The van der Waals surface area contributed by atoms with E-state index in [0.29, 0.717) is 17.3 Å². The van der Waals surface area contributed by atoms with E-state index in [1.165, 1.54) is 0 Å². The lowest BCUT2D eigenvalue weighted by Crippen LogP contribution is -2.10. The molecule has 2 aromatic rings. The fourth-order valence-electron chi connectivity index (χ4n) is 1.15. The molecule has 0 radical (unpaired) electrons. The Kier molecular flexibility index (Phi) is 2.82. The SMILES string of the molecule is Cc1cc(Oc2ccc(C(N)=S)nc2)n[nH]1. The van der Waals surface area contributed by atoms with Crippen molar-refractivity contribution in [2.24, 2.45) is 5.73 Å². The first-order valence-electron chi connectivity index (χ1n) is 4.61. The van der Waals surface area contributed by atoms with Gasteiger partial charge in [0, 0.05) is 11.8 Å². The lowest BCUT2D eigenvalue weighted by atomic mass is 10.3. The van der Waals surface area contributed by atoms with Crippen molar-refractivity contribution in [1.29, 1.82) is 0 Å². The van der Waals surface area contributed by atoms with Crippen molar-refractivity contribution in [3.63, 3.8) is 0 Å². The summed E-state index contributed by atoms with van der Waals surface area (Å²) in [5.41, 5.74) is 6.93. The van der Waals surface area contributed by atoms with Crippen LogP contribution in [-0.2, 0) is 0 Å². The van der Waals surface area contributed by atoms with Crippen LogP contribution in [0.15, 0.2) is 24.4 Å². The maximum atomic E-state index is 5.44. The quantitative estimate of drug-likeness (QED) is 0.788. The molecule has 0 aromatic carbocycles. The number of hydrogen-bond donors (Lipinski definition) is 2. The van der Waals surface area contributed by atoms with E-state index in [1.807, 2.05) is 6.92 Å². The Morgan fingerprint density at radius 1 is 1.50 bits per heavy atom. The van der Waals surface area contributed by atoms with Gasteiger partial charge in [-0.05, 0) is 19.1 Å². The molecule has 2 aromatic heterocycles. The molecule has 5 nitrogen and oxygen atoms in total. The van der Waals surface area contributed by atoms with E-state index < -0.39 is 0 Å². The highest BCUT2D eigenvalue weighted by Crippen LogP contribution is 2.18. The molecule has 0 fully saturated rings. The van der Waals surface area contributed by atoms with E-state index in [-0.39, 0.29) is 4.99 Å². The van der Waals surface area contributed by atoms with Crippen molar-refractivity contribution >= 4 is 17.2 Å². The van der Waals surface area contributed by atoms with E-state index in [9.17, 15) is 0 Å². The Morgan fingerprint density at radius 2 is 2.31 bits per heavy atom. The standard InChI is InChI=1S/C10H10N4OS/c1-6-4-9(14-13-6)15-7-2-3-8(10(11)16)12-5-7/h2-5H,1H3,(H2,11,16)(H,13,14). The molecule has 0 aliphatic carbocycles.